The Morgan fingerprint density at radius 1 is 1.35 bits per heavy atom. The molecule has 1 aliphatic rings. The molecule has 0 aliphatic carbocycles. The summed E-state index contributed by atoms with van der Waals surface area (Å²) >= 11 is 0. The first-order valence-corrected chi connectivity index (χ1v) is 6.59. The number of benzene rings is 1. The number of para-hydroxylation sites is 1. The fraction of sp³-hybridized carbons (Fsp3) is 0.571. The number of hydrogen-bond donors (Lipinski definition) is 1. The lowest BCUT2D eigenvalue weighted by atomic mass is 9.95. The molecule has 0 bridgehead atoms. The summed E-state index contributed by atoms with van der Waals surface area (Å²) in [6.45, 7) is 2.67. The number of halogens is 3. The Bertz CT molecular complexity index is 462. The van der Waals surface area contributed by atoms with E-state index in [9.17, 15) is 13.2 Å². The summed E-state index contributed by atoms with van der Waals surface area (Å²) in [4.78, 5) is 1.36. The minimum atomic E-state index is -4.25. The molecule has 2 unspecified atom stereocenters. The molecule has 0 fully saturated rings. The van der Waals surface area contributed by atoms with E-state index in [1.165, 1.54) is 4.90 Å². The van der Waals surface area contributed by atoms with Crippen molar-refractivity contribution in [3.8, 4) is 5.75 Å². The topological polar surface area (TPSA) is 38.5 Å². The first-order valence-electron chi connectivity index (χ1n) is 6.59. The van der Waals surface area contributed by atoms with Crippen molar-refractivity contribution in [1.29, 1.82) is 0 Å². The van der Waals surface area contributed by atoms with Gasteiger partial charge in [-0.1, -0.05) is 18.2 Å². The Labute approximate surface area is 116 Å². The van der Waals surface area contributed by atoms with E-state index >= 15 is 0 Å². The predicted molar refractivity (Wildman–Crippen MR) is 70.6 cm³/mol. The van der Waals surface area contributed by atoms with Gasteiger partial charge >= 0.3 is 6.18 Å². The molecule has 20 heavy (non-hydrogen) atoms. The van der Waals surface area contributed by atoms with E-state index < -0.39 is 24.8 Å². The van der Waals surface area contributed by atoms with Gasteiger partial charge in [-0.3, -0.25) is 4.90 Å². The molecule has 0 saturated carbocycles. The van der Waals surface area contributed by atoms with Crippen molar-refractivity contribution in [1.82, 2.24) is 4.90 Å². The monoisotopic (exact) mass is 288 g/mol. The van der Waals surface area contributed by atoms with Gasteiger partial charge in [-0.15, -0.1) is 0 Å². The summed E-state index contributed by atoms with van der Waals surface area (Å²) in [5.74, 6) is 0.659. The van der Waals surface area contributed by atoms with E-state index in [0.717, 1.165) is 5.56 Å². The molecule has 2 rings (SSSR count). The first kappa shape index (κ1) is 15.1. The Morgan fingerprint density at radius 2 is 2.00 bits per heavy atom. The van der Waals surface area contributed by atoms with Crippen LogP contribution in [-0.2, 0) is 0 Å². The van der Waals surface area contributed by atoms with Gasteiger partial charge < -0.3 is 10.5 Å². The lowest BCUT2D eigenvalue weighted by Gasteiger charge is -2.41. The van der Waals surface area contributed by atoms with Gasteiger partial charge in [0, 0.05) is 11.6 Å². The van der Waals surface area contributed by atoms with E-state index in [-0.39, 0.29) is 12.6 Å². The minimum Gasteiger partial charge on any atom is -0.492 e. The maximum atomic E-state index is 12.7. The number of hydrogen-bond acceptors (Lipinski definition) is 3. The zero-order valence-electron chi connectivity index (χ0n) is 11.5. The maximum Gasteiger partial charge on any atom is 0.401 e. The maximum absolute atomic E-state index is 12.7. The van der Waals surface area contributed by atoms with Crippen molar-refractivity contribution < 1.29 is 17.9 Å². The molecule has 0 saturated heterocycles. The largest absolute Gasteiger partial charge is 0.492 e. The van der Waals surface area contributed by atoms with Crippen molar-refractivity contribution in [2.45, 2.75) is 38.1 Å². The number of ether oxygens (including phenoxy) is 1. The van der Waals surface area contributed by atoms with Gasteiger partial charge in [-0.05, 0) is 19.9 Å². The molecular formula is C14H19F3N2O. The molecule has 0 aromatic heterocycles. The second kappa shape index (κ2) is 5.61. The van der Waals surface area contributed by atoms with Gasteiger partial charge in [0.15, 0.2) is 0 Å². The van der Waals surface area contributed by atoms with Gasteiger partial charge in [0.1, 0.15) is 12.4 Å². The van der Waals surface area contributed by atoms with Crippen LogP contribution in [0.2, 0.25) is 0 Å². The van der Waals surface area contributed by atoms with Crippen LogP contribution in [0.4, 0.5) is 13.2 Å². The molecule has 0 amide bonds. The molecule has 3 nitrogen and oxygen atoms in total. The average molecular weight is 288 g/mol. The van der Waals surface area contributed by atoms with Crippen molar-refractivity contribution in [2.24, 2.45) is 5.73 Å². The number of fused-ring (bicyclic) bond motifs is 1. The Hall–Kier alpha value is -1.27. The third-order valence-electron chi connectivity index (χ3n) is 3.55. The minimum absolute atomic E-state index is 0.173. The summed E-state index contributed by atoms with van der Waals surface area (Å²) in [5, 5.41) is 0. The second-order valence-electron chi connectivity index (χ2n) is 5.32. The quantitative estimate of drug-likeness (QED) is 0.929. The van der Waals surface area contributed by atoms with Crippen molar-refractivity contribution in [3.63, 3.8) is 0 Å². The van der Waals surface area contributed by atoms with E-state index in [0.29, 0.717) is 5.75 Å². The van der Waals surface area contributed by atoms with Crippen molar-refractivity contribution in [2.75, 3.05) is 13.2 Å². The van der Waals surface area contributed by atoms with E-state index in [2.05, 4.69) is 0 Å². The normalized spacial score (nSPS) is 22.8. The fourth-order valence-corrected chi connectivity index (χ4v) is 2.57. The Kier molecular flexibility index (Phi) is 4.25. The summed E-state index contributed by atoms with van der Waals surface area (Å²) < 4.78 is 43.7. The molecular weight excluding hydrogens is 269 g/mol. The summed E-state index contributed by atoms with van der Waals surface area (Å²) in [6, 6.07) is 6.00. The lowest BCUT2D eigenvalue weighted by molar-refractivity contribution is -0.158. The van der Waals surface area contributed by atoms with Crippen molar-refractivity contribution >= 4 is 0 Å². The van der Waals surface area contributed by atoms with Crippen LogP contribution < -0.4 is 10.5 Å². The van der Waals surface area contributed by atoms with Crippen LogP contribution in [0.1, 0.15) is 25.5 Å². The molecule has 1 aromatic rings. The van der Waals surface area contributed by atoms with Crippen LogP contribution in [0.25, 0.3) is 0 Å². The van der Waals surface area contributed by atoms with Gasteiger partial charge in [-0.2, -0.15) is 13.2 Å². The molecule has 1 aromatic carbocycles. The lowest BCUT2D eigenvalue weighted by Crippen LogP contribution is -2.54. The highest BCUT2D eigenvalue weighted by atomic mass is 19.4. The Balaban J connectivity index is 2.23. The summed E-state index contributed by atoms with van der Waals surface area (Å²) in [6.07, 6.45) is -4.25. The first-order chi connectivity index (χ1) is 9.29. The van der Waals surface area contributed by atoms with Gasteiger partial charge in [0.25, 0.3) is 0 Å². The summed E-state index contributed by atoms with van der Waals surface area (Å²) in [7, 11) is 0. The average Bonchev–Trinajstić information content (AvgIpc) is 2.36. The molecule has 0 radical (unpaired) electrons. The fourth-order valence-electron chi connectivity index (χ4n) is 2.57. The third kappa shape index (κ3) is 3.24. The molecule has 2 atom stereocenters. The molecule has 0 spiro atoms. The molecule has 112 valence electrons. The number of nitrogens with zero attached hydrogens (tertiary/aromatic N) is 1. The van der Waals surface area contributed by atoms with E-state index in [4.69, 9.17) is 10.5 Å². The van der Waals surface area contributed by atoms with Crippen LogP contribution in [0.3, 0.4) is 0 Å². The van der Waals surface area contributed by atoms with Gasteiger partial charge in [0.2, 0.25) is 0 Å². The predicted octanol–water partition coefficient (Wildman–Crippen LogP) is 2.72. The van der Waals surface area contributed by atoms with Crippen LogP contribution in [0, 0.1) is 0 Å². The molecule has 1 heterocycles. The molecule has 6 heteroatoms. The summed E-state index contributed by atoms with van der Waals surface area (Å²) in [5.41, 5.74) is 6.92. The highest BCUT2D eigenvalue weighted by Gasteiger charge is 2.39. The van der Waals surface area contributed by atoms with Crippen LogP contribution >= 0.6 is 0 Å². The smallest absolute Gasteiger partial charge is 0.401 e. The zero-order chi connectivity index (χ0) is 14.9. The highest BCUT2D eigenvalue weighted by molar-refractivity contribution is 5.38. The van der Waals surface area contributed by atoms with Crippen LogP contribution in [0.15, 0.2) is 24.3 Å². The molecule has 2 N–H and O–H groups in total. The van der Waals surface area contributed by atoms with Crippen LogP contribution in [0.5, 0.6) is 5.75 Å². The number of rotatable bonds is 3. The van der Waals surface area contributed by atoms with E-state index in [1.807, 2.05) is 12.1 Å². The highest BCUT2D eigenvalue weighted by Crippen LogP contribution is 2.34. The third-order valence-corrected chi connectivity index (χ3v) is 3.55. The zero-order valence-corrected chi connectivity index (χ0v) is 11.5. The Morgan fingerprint density at radius 3 is 2.60 bits per heavy atom. The standard InChI is InChI=1S/C14H19F3N2O/c1-9(2)19(8-14(15,16)17)11-7-20-12-6-4-3-5-10(12)13(11)18/h3-6,9,11,13H,7-8,18H2,1-2H3. The van der Waals surface area contributed by atoms with Gasteiger partial charge in [0.05, 0.1) is 18.6 Å². The van der Waals surface area contributed by atoms with Crippen molar-refractivity contribution in [3.05, 3.63) is 29.8 Å². The van der Waals surface area contributed by atoms with E-state index in [1.54, 1.807) is 26.0 Å². The second-order valence-corrected chi connectivity index (χ2v) is 5.32. The number of nitrogens with two attached hydrogens (primary N) is 1. The van der Waals surface area contributed by atoms with Gasteiger partial charge in [-0.25, -0.2) is 0 Å². The van der Waals surface area contributed by atoms with Crippen LogP contribution in [-0.4, -0.2) is 36.3 Å². The SMILES string of the molecule is CC(C)N(CC(F)(F)F)C1COc2ccccc2C1N. The number of alkyl halides is 3. The molecule has 1 aliphatic heterocycles.